The van der Waals surface area contributed by atoms with Crippen LogP contribution in [0.3, 0.4) is 0 Å². The van der Waals surface area contributed by atoms with Crippen molar-refractivity contribution in [3.8, 4) is 0 Å². The first-order valence-electron chi connectivity index (χ1n) is 11.1. The standard InChI is InChI=1S/C25H35N3O4S/c1-18(2)22-12-14-23(15-13-22)28(33(6,31)32)17-24(29)27(16-21-10-8-7-9-11-21)20(5)25(30)26-19(3)4/h7-15,18-20H,16-17H2,1-6H3,(H,26,30). The molecule has 0 saturated heterocycles. The smallest absolute Gasteiger partial charge is 0.244 e. The van der Waals surface area contributed by atoms with Gasteiger partial charge < -0.3 is 10.2 Å². The van der Waals surface area contributed by atoms with Crippen molar-refractivity contribution in [3.05, 3.63) is 65.7 Å². The molecule has 8 heteroatoms. The molecule has 0 aliphatic heterocycles. The summed E-state index contributed by atoms with van der Waals surface area (Å²) in [6.07, 6.45) is 1.08. The molecule has 2 rings (SSSR count). The lowest BCUT2D eigenvalue weighted by atomic mass is 10.0. The van der Waals surface area contributed by atoms with Crippen molar-refractivity contribution in [3.63, 3.8) is 0 Å². The van der Waals surface area contributed by atoms with E-state index in [9.17, 15) is 18.0 Å². The van der Waals surface area contributed by atoms with E-state index in [-0.39, 0.29) is 18.5 Å². The molecule has 0 aliphatic carbocycles. The van der Waals surface area contributed by atoms with E-state index >= 15 is 0 Å². The van der Waals surface area contributed by atoms with Crippen molar-refractivity contribution in [2.45, 2.75) is 59.2 Å². The molecule has 0 fully saturated rings. The minimum absolute atomic E-state index is 0.0828. The Balaban J connectivity index is 2.36. The zero-order valence-electron chi connectivity index (χ0n) is 20.3. The molecule has 1 atom stereocenters. The minimum Gasteiger partial charge on any atom is -0.352 e. The van der Waals surface area contributed by atoms with Gasteiger partial charge in [0, 0.05) is 12.6 Å². The van der Waals surface area contributed by atoms with Gasteiger partial charge in [-0.15, -0.1) is 0 Å². The van der Waals surface area contributed by atoms with E-state index in [4.69, 9.17) is 0 Å². The van der Waals surface area contributed by atoms with Crippen LogP contribution in [0.2, 0.25) is 0 Å². The van der Waals surface area contributed by atoms with Gasteiger partial charge in [0.05, 0.1) is 11.9 Å². The SMILES string of the molecule is CC(C)NC(=O)C(C)N(Cc1ccccc1)C(=O)CN(c1ccc(C(C)C)cc1)S(C)(=O)=O. The van der Waals surface area contributed by atoms with Crippen LogP contribution in [-0.2, 0) is 26.2 Å². The van der Waals surface area contributed by atoms with Crippen molar-refractivity contribution < 1.29 is 18.0 Å². The van der Waals surface area contributed by atoms with Crippen LogP contribution in [-0.4, -0.2) is 50.0 Å². The molecule has 7 nitrogen and oxygen atoms in total. The number of nitrogens with one attached hydrogen (secondary N) is 1. The van der Waals surface area contributed by atoms with Crippen molar-refractivity contribution in [2.75, 3.05) is 17.1 Å². The zero-order valence-corrected chi connectivity index (χ0v) is 21.1. The van der Waals surface area contributed by atoms with Crippen molar-refractivity contribution in [2.24, 2.45) is 0 Å². The topological polar surface area (TPSA) is 86.8 Å². The molecule has 0 aliphatic rings. The summed E-state index contributed by atoms with van der Waals surface area (Å²) in [4.78, 5) is 27.6. The van der Waals surface area contributed by atoms with E-state index < -0.39 is 28.5 Å². The van der Waals surface area contributed by atoms with Gasteiger partial charge in [0.2, 0.25) is 21.8 Å². The summed E-state index contributed by atoms with van der Waals surface area (Å²) in [5, 5.41) is 2.83. The second-order valence-corrected chi connectivity index (χ2v) is 10.8. The van der Waals surface area contributed by atoms with Gasteiger partial charge in [-0.2, -0.15) is 0 Å². The Morgan fingerprint density at radius 1 is 0.909 bits per heavy atom. The largest absolute Gasteiger partial charge is 0.352 e. The quantitative estimate of drug-likeness (QED) is 0.572. The lowest BCUT2D eigenvalue weighted by molar-refractivity contribution is -0.139. The lowest BCUT2D eigenvalue weighted by Crippen LogP contribution is -2.52. The molecule has 0 bridgehead atoms. The Hall–Kier alpha value is -2.87. The number of rotatable bonds is 10. The number of anilines is 1. The van der Waals surface area contributed by atoms with Crippen LogP contribution in [0.1, 0.15) is 51.7 Å². The van der Waals surface area contributed by atoms with E-state index in [1.165, 1.54) is 4.90 Å². The molecule has 0 spiro atoms. The predicted octanol–water partition coefficient (Wildman–Crippen LogP) is 3.52. The minimum atomic E-state index is -3.73. The van der Waals surface area contributed by atoms with Gasteiger partial charge in [0.1, 0.15) is 12.6 Å². The molecular formula is C25H35N3O4S. The number of carbonyl (C=O) groups excluding carboxylic acids is 2. The molecule has 2 aromatic carbocycles. The fourth-order valence-corrected chi connectivity index (χ4v) is 4.26. The summed E-state index contributed by atoms with van der Waals surface area (Å²) < 4.78 is 26.3. The van der Waals surface area contributed by atoms with E-state index in [1.807, 2.05) is 56.3 Å². The van der Waals surface area contributed by atoms with Crippen LogP contribution in [0.4, 0.5) is 5.69 Å². The second-order valence-electron chi connectivity index (χ2n) is 8.86. The molecule has 180 valence electrons. The molecule has 0 heterocycles. The normalized spacial score (nSPS) is 12.5. The van der Waals surface area contributed by atoms with Crippen molar-refractivity contribution in [1.29, 1.82) is 0 Å². The highest BCUT2D eigenvalue weighted by Gasteiger charge is 2.30. The van der Waals surface area contributed by atoms with Gasteiger partial charge >= 0.3 is 0 Å². The number of carbonyl (C=O) groups is 2. The second kappa shape index (κ2) is 11.3. The highest BCUT2D eigenvalue weighted by atomic mass is 32.2. The maximum absolute atomic E-state index is 13.4. The average Bonchev–Trinajstić information content (AvgIpc) is 2.74. The van der Waals surface area contributed by atoms with Gasteiger partial charge in [-0.25, -0.2) is 8.42 Å². The highest BCUT2D eigenvalue weighted by molar-refractivity contribution is 7.92. The first-order valence-corrected chi connectivity index (χ1v) is 13.0. The highest BCUT2D eigenvalue weighted by Crippen LogP contribution is 2.22. The number of nitrogens with zero attached hydrogens (tertiary/aromatic N) is 2. The molecule has 2 aromatic rings. The average molecular weight is 474 g/mol. The maximum Gasteiger partial charge on any atom is 0.244 e. The molecular weight excluding hydrogens is 438 g/mol. The van der Waals surface area contributed by atoms with Crippen LogP contribution in [0.15, 0.2) is 54.6 Å². The third-order valence-electron chi connectivity index (χ3n) is 5.32. The van der Waals surface area contributed by atoms with E-state index in [0.717, 1.165) is 21.7 Å². The summed E-state index contributed by atoms with van der Waals surface area (Å²) in [6, 6.07) is 15.6. The fraction of sp³-hybridized carbons (Fsp3) is 0.440. The number of amides is 2. The summed E-state index contributed by atoms with van der Waals surface area (Å²) in [6.45, 7) is 9.25. The molecule has 0 radical (unpaired) electrons. The van der Waals surface area contributed by atoms with E-state index in [0.29, 0.717) is 11.6 Å². The summed E-state index contributed by atoms with van der Waals surface area (Å²) >= 11 is 0. The van der Waals surface area contributed by atoms with Gasteiger partial charge in [-0.1, -0.05) is 56.3 Å². The zero-order chi connectivity index (χ0) is 24.8. The van der Waals surface area contributed by atoms with Crippen molar-refractivity contribution >= 4 is 27.5 Å². The molecule has 2 amide bonds. The van der Waals surface area contributed by atoms with Crippen LogP contribution < -0.4 is 9.62 Å². The maximum atomic E-state index is 13.4. The monoisotopic (exact) mass is 473 g/mol. The Bertz CT molecular complexity index is 1040. The summed E-state index contributed by atoms with van der Waals surface area (Å²) in [5.74, 6) is -0.445. The van der Waals surface area contributed by atoms with Gasteiger partial charge in [-0.3, -0.25) is 13.9 Å². The molecule has 1 N–H and O–H groups in total. The van der Waals surface area contributed by atoms with Crippen LogP contribution in [0, 0.1) is 0 Å². The molecule has 1 unspecified atom stereocenters. The van der Waals surface area contributed by atoms with Crippen molar-refractivity contribution in [1.82, 2.24) is 10.2 Å². The first kappa shape index (κ1) is 26.4. The fourth-order valence-electron chi connectivity index (χ4n) is 3.41. The number of hydrogen-bond donors (Lipinski definition) is 1. The van der Waals surface area contributed by atoms with Crippen LogP contribution in [0.25, 0.3) is 0 Å². The number of sulfonamides is 1. The third kappa shape index (κ3) is 7.60. The number of benzene rings is 2. The van der Waals surface area contributed by atoms with Gasteiger partial charge in [-0.05, 0) is 49.9 Å². The number of hydrogen-bond acceptors (Lipinski definition) is 4. The van der Waals surface area contributed by atoms with E-state index in [2.05, 4.69) is 19.2 Å². The molecule has 0 saturated carbocycles. The van der Waals surface area contributed by atoms with Gasteiger partial charge in [0.25, 0.3) is 0 Å². The lowest BCUT2D eigenvalue weighted by Gasteiger charge is -2.32. The summed E-state index contributed by atoms with van der Waals surface area (Å²) in [5.41, 5.74) is 2.33. The predicted molar refractivity (Wildman–Crippen MR) is 132 cm³/mol. The Labute approximate surface area is 197 Å². The third-order valence-corrected chi connectivity index (χ3v) is 6.46. The Kier molecular flexibility index (Phi) is 9.05. The first-order chi connectivity index (χ1) is 15.4. The van der Waals surface area contributed by atoms with Crippen LogP contribution >= 0.6 is 0 Å². The van der Waals surface area contributed by atoms with E-state index in [1.54, 1.807) is 19.1 Å². The molecule has 33 heavy (non-hydrogen) atoms. The Morgan fingerprint density at radius 2 is 1.48 bits per heavy atom. The van der Waals surface area contributed by atoms with Crippen LogP contribution in [0.5, 0.6) is 0 Å². The van der Waals surface area contributed by atoms with Gasteiger partial charge in [0.15, 0.2) is 0 Å². The summed E-state index contributed by atoms with van der Waals surface area (Å²) in [7, 11) is -3.73. The molecule has 0 aromatic heterocycles. The Morgan fingerprint density at radius 3 is 1.97 bits per heavy atom.